The number of likely N-dealkylation sites (N-methyl/N-ethyl adjacent to an activating group) is 1. The molecule has 0 aromatic heterocycles. The highest BCUT2D eigenvalue weighted by atomic mass is 32.2. The number of hydrogen-bond acceptors (Lipinski definition) is 8. The summed E-state index contributed by atoms with van der Waals surface area (Å²) in [4.78, 5) is 20.7. The first-order chi connectivity index (χ1) is 19.4. The Balaban J connectivity index is 1.21. The molecule has 216 valence electrons. The van der Waals surface area contributed by atoms with Gasteiger partial charge in [0, 0.05) is 47.3 Å². The standard InChI is InChI=1S/C31H44N6O2S/c1-4-28(38)37-16-15-36(19-22(37)11-13-32)29-24-10-12-31(17-25-21(2)7-5-9-27(25)40-31)18-26(24)33-30(34-29)39-20-23-8-6-14-35(23)3/h4-5,7,9,22-24,26,29-30,33-34H,1,6,8,10-12,14-20H2,2-3H3/t22?,23?,24?,26?,29?,30?,31-/m0/s1. The summed E-state index contributed by atoms with van der Waals surface area (Å²) in [6.45, 7) is 9.89. The maximum Gasteiger partial charge on any atom is 0.246 e. The normalized spacial score (nSPS) is 36.3. The van der Waals surface area contributed by atoms with Gasteiger partial charge in [0.05, 0.1) is 31.3 Å². The van der Waals surface area contributed by atoms with Gasteiger partial charge in [-0.15, -0.1) is 11.8 Å². The fourth-order valence-electron chi connectivity index (χ4n) is 7.90. The summed E-state index contributed by atoms with van der Waals surface area (Å²) in [5, 5.41) is 17.3. The van der Waals surface area contributed by atoms with Crippen LogP contribution in [0.5, 0.6) is 0 Å². The third-order valence-electron chi connectivity index (χ3n) is 10.1. The molecule has 4 fully saturated rings. The number of benzene rings is 1. The zero-order chi connectivity index (χ0) is 27.9. The number of ether oxygens (including phenoxy) is 1. The van der Waals surface area contributed by atoms with Gasteiger partial charge in [0.25, 0.3) is 0 Å². The Hall–Kier alpha value is -1.93. The SMILES string of the molecule is C=CC(=O)N1CCN(C2NC(OCC3CCCN3C)NC3C[C@]4(CCC32)Cc2c(C)cccc2S4)CC1CC#N. The lowest BCUT2D eigenvalue weighted by Crippen LogP contribution is -2.72. The van der Waals surface area contributed by atoms with Gasteiger partial charge in [-0.3, -0.25) is 20.3 Å². The molecule has 1 aromatic rings. The zero-order valence-corrected chi connectivity index (χ0v) is 24.8. The summed E-state index contributed by atoms with van der Waals surface area (Å²) in [6.07, 6.45) is 8.66. The minimum atomic E-state index is -0.215. The van der Waals surface area contributed by atoms with Crippen molar-refractivity contribution in [2.24, 2.45) is 5.92 Å². The van der Waals surface area contributed by atoms with E-state index in [0.29, 0.717) is 44.1 Å². The first-order valence-electron chi connectivity index (χ1n) is 15.1. The van der Waals surface area contributed by atoms with E-state index in [1.54, 1.807) is 0 Å². The highest BCUT2D eigenvalue weighted by molar-refractivity contribution is 8.01. The number of carbonyl (C=O) groups is 1. The van der Waals surface area contributed by atoms with Gasteiger partial charge in [0.15, 0.2) is 6.35 Å². The summed E-state index contributed by atoms with van der Waals surface area (Å²) >= 11 is 2.10. The maximum atomic E-state index is 12.5. The fourth-order valence-corrected chi connectivity index (χ4v) is 9.57. The molecule has 6 unspecified atom stereocenters. The number of amides is 1. The predicted molar refractivity (Wildman–Crippen MR) is 158 cm³/mol. The molecule has 1 spiro atoms. The monoisotopic (exact) mass is 564 g/mol. The molecule has 9 heteroatoms. The summed E-state index contributed by atoms with van der Waals surface area (Å²) < 4.78 is 6.80. The molecular formula is C31H44N6O2S. The topological polar surface area (TPSA) is 83.9 Å². The minimum Gasteiger partial charge on any atom is -0.348 e. The minimum absolute atomic E-state index is 0.0781. The number of aryl methyl sites for hydroxylation is 1. The van der Waals surface area contributed by atoms with Crippen LogP contribution >= 0.6 is 11.8 Å². The van der Waals surface area contributed by atoms with Crippen LogP contribution in [-0.4, -0.2) is 95.8 Å². The molecule has 4 aliphatic heterocycles. The van der Waals surface area contributed by atoms with E-state index >= 15 is 0 Å². The lowest BCUT2D eigenvalue weighted by atomic mass is 9.72. The summed E-state index contributed by atoms with van der Waals surface area (Å²) in [7, 11) is 2.20. The summed E-state index contributed by atoms with van der Waals surface area (Å²) in [5.41, 5.74) is 2.95. The second kappa shape index (κ2) is 11.7. The maximum absolute atomic E-state index is 12.5. The molecule has 4 heterocycles. The lowest BCUT2D eigenvalue weighted by Gasteiger charge is -2.55. The van der Waals surface area contributed by atoms with Crippen molar-refractivity contribution in [1.29, 1.82) is 5.26 Å². The van der Waals surface area contributed by atoms with Gasteiger partial charge in [-0.2, -0.15) is 5.26 Å². The van der Waals surface area contributed by atoms with Gasteiger partial charge in [-0.25, -0.2) is 0 Å². The van der Waals surface area contributed by atoms with Crippen molar-refractivity contribution in [1.82, 2.24) is 25.3 Å². The van der Waals surface area contributed by atoms with E-state index in [-0.39, 0.29) is 29.2 Å². The molecule has 40 heavy (non-hydrogen) atoms. The Kier molecular flexibility index (Phi) is 8.28. The molecule has 5 aliphatic rings. The van der Waals surface area contributed by atoms with Crippen molar-refractivity contribution in [3.63, 3.8) is 0 Å². The van der Waals surface area contributed by atoms with E-state index < -0.39 is 0 Å². The molecule has 6 rings (SSSR count). The number of nitriles is 1. The fraction of sp³-hybridized carbons (Fsp3) is 0.677. The predicted octanol–water partition coefficient (Wildman–Crippen LogP) is 3.08. The molecular weight excluding hydrogens is 520 g/mol. The van der Waals surface area contributed by atoms with Crippen molar-refractivity contribution in [2.45, 2.75) is 92.2 Å². The van der Waals surface area contributed by atoms with E-state index in [4.69, 9.17) is 4.74 Å². The van der Waals surface area contributed by atoms with Crippen LogP contribution in [-0.2, 0) is 16.0 Å². The van der Waals surface area contributed by atoms with Crippen LogP contribution in [0.3, 0.4) is 0 Å². The smallest absolute Gasteiger partial charge is 0.246 e. The van der Waals surface area contributed by atoms with E-state index in [0.717, 1.165) is 32.4 Å². The van der Waals surface area contributed by atoms with Crippen molar-refractivity contribution >= 4 is 17.7 Å². The number of hydrogen-bond donors (Lipinski definition) is 2. The van der Waals surface area contributed by atoms with Gasteiger partial charge >= 0.3 is 0 Å². The van der Waals surface area contributed by atoms with Crippen LogP contribution in [0.2, 0.25) is 0 Å². The number of carbonyl (C=O) groups excluding carboxylic acids is 1. The van der Waals surface area contributed by atoms with E-state index in [1.807, 2.05) is 4.90 Å². The Bertz CT molecular complexity index is 1160. The van der Waals surface area contributed by atoms with E-state index in [2.05, 4.69) is 77.0 Å². The van der Waals surface area contributed by atoms with Crippen LogP contribution in [0.15, 0.2) is 35.7 Å². The molecule has 1 saturated carbocycles. The molecule has 1 aliphatic carbocycles. The lowest BCUT2D eigenvalue weighted by molar-refractivity contribution is -0.135. The zero-order valence-electron chi connectivity index (χ0n) is 24.0. The van der Waals surface area contributed by atoms with Crippen LogP contribution in [0.4, 0.5) is 0 Å². The van der Waals surface area contributed by atoms with Crippen molar-refractivity contribution in [3.8, 4) is 6.07 Å². The quantitative estimate of drug-likeness (QED) is 0.511. The Morgan fingerprint density at radius 3 is 2.90 bits per heavy atom. The molecule has 0 radical (unpaired) electrons. The highest BCUT2D eigenvalue weighted by Gasteiger charge is 2.51. The highest BCUT2D eigenvalue weighted by Crippen LogP contribution is 2.55. The molecule has 2 N–H and O–H groups in total. The Labute approximate surface area is 243 Å². The average molecular weight is 565 g/mol. The van der Waals surface area contributed by atoms with E-state index in [9.17, 15) is 10.1 Å². The first kappa shape index (κ1) is 28.2. The van der Waals surface area contributed by atoms with Crippen molar-refractivity contribution in [3.05, 3.63) is 42.0 Å². The number of likely N-dealkylation sites (tertiary alicyclic amines) is 1. The van der Waals surface area contributed by atoms with Gasteiger partial charge in [-0.1, -0.05) is 18.7 Å². The molecule has 0 bridgehead atoms. The number of thioether (sulfide) groups is 1. The number of nitrogens with zero attached hydrogens (tertiary/aromatic N) is 4. The van der Waals surface area contributed by atoms with Gasteiger partial charge < -0.3 is 14.5 Å². The third kappa shape index (κ3) is 5.47. The van der Waals surface area contributed by atoms with Gasteiger partial charge in [0.2, 0.25) is 5.91 Å². The van der Waals surface area contributed by atoms with Crippen LogP contribution < -0.4 is 10.6 Å². The largest absolute Gasteiger partial charge is 0.348 e. The first-order valence-corrected chi connectivity index (χ1v) is 15.9. The molecule has 3 saturated heterocycles. The van der Waals surface area contributed by atoms with Crippen molar-refractivity contribution in [2.75, 3.05) is 39.8 Å². The van der Waals surface area contributed by atoms with Crippen LogP contribution in [0.1, 0.15) is 49.7 Å². The second-order valence-corrected chi connectivity index (χ2v) is 14.1. The number of rotatable bonds is 6. The Morgan fingerprint density at radius 2 is 2.15 bits per heavy atom. The van der Waals surface area contributed by atoms with Crippen LogP contribution in [0.25, 0.3) is 0 Å². The van der Waals surface area contributed by atoms with E-state index in [1.165, 1.54) is 41.4 Å². The number of piperazine rings is 1. The molecule has 7 atom stereocenters. The summed E-state index contributed by atoms with van der Waals surface area (Å²) in [5.74, 6) is 0.361. The van der Waals surface area contributed by atoms with Crippen LogP contribution in [0, 0.1) is 24.2 Å². The third-order valence-corrected chi connectivity index (χ3v) is 11.7. The number of fused-ring (bicyclic) bond motifs is 2. The average Bonchev–Trinajstić information content (AvgIpc) is 3.54. The van der Waals surface area contributed by atoms with Gasteiger partial charge in [-0.05, 0) is 82.3 Å². The number of nitrogens with one attached hydrogen (secondary N) is 2. The molecule has 8 nitrogen and oxygen atoms in total. The summed E-state index contributed by atoms with van der Waals surface area (Å²) in [6, 6.07) is 9.76. The molecule has 1 amide bonds. The Morgan fingerprint density at radius 1 is 1.27 bits per heavy atom. The second-order valence-electron chi connectivity index (χ2n) is 12.5. The van der Waals surface area contributed by atoms with Crippen molar-refractivity contribution < 1.29 is 9.53 Å². The molecule has 1 aromatic carbocycles. The van der Waals surface area contributed by atoms with Gasteiger partial charge in [0.1, 0.15) is 0 Å².